The molecule has 3 rings (SSSR count). The molecule has 4 heteroatoms. The third-order valence-electron chi connectivity index (χ3n) is 3.57. The number of nitrogens with zero attached hydrogens (tertiary/aromatic N) is 2. The lowest BCUT2D eigenvalue weighted by Crippen LogP contribution is -2.08. The quantitative estimate of drug-likeness (QED) is 0.676. The minimum absolute atomic E-state index is 0.374. The summed E-state index contributed by atoms with van der Waals surface area (Å²) < 4.78 is 6.43. The maximum atomic E-state index is 11.9. The molecule has 1 aromatic heterocycles. The first kappa shape index (κ1) is 13.4. The number of esters is 1. The van der Waals surface area contributed by atoms with Gasteiger partial charge < -0.3 is 4.74 Å². The lowest BCUT2D eigenvalue weighted by molar-refractivity contribution is 0.0590. The molecule has 0 aliphatic rings. The second-order valence-corrected chi connectivity index (χ2v) is 5.04. The van der Waals surface area contributed by atoms with Crippen LogP contribution in [-0.4, -0.2) is 22.9 Å². The van der Waals surface area contributed by atoms with Crippen LogP contribution in [0.5, 0.6) is 0 Å². The third kappa shape index (κ3) is 2.18. The van der Waals surface area contributed by atoms with Gasteiger partial charge in [-0.1, -0.05) is 48.0 Å². The molecule has 21 heavy (non-hydrogen) atoms. The average molecular weight is 280 g/mol. The Bertz CT molecular complexity index is 834. The van der Waals surface area contributed by atoms with E-state index in [0.717, 1.165) is 22.0 Å². The summed E-state index contributed by atoms with van der Waals surface area (Å²) in [5.74, 6) is -0.374. The van der Waals surface area contributed by atoms with Crippen molar-refractivity contribution in [2.75, 3.05) is 7.11 Å². The number of benzene rings is 2. The lowest BCUT2D eigenvalue weighted by atomic mass is 10.0. The zero-order valence-corrected chi connectivity index (χ0v) is 12.3. The molecule has 0 bridgehead atoms. The van der Waals surface area contributed by atoms with E-state index in [9.17, 15) is 4.79 Å². The Morgan fingerprint density at radius 2 is 1.95 bits per heavy atom. The number of rotatable bonds is 2. The number of aromatic nitrogens is 2. The topological polar surface area (TPSA) is 44.1 Å². The van der Waals surface area contributed by atoms with Crippen molar-refractivity contribution >= 4 is 16.9 Å². The molecule has 4 nitrogen and oxygen atoms in total. The Balaban J connectivity index is 2.29. The van der Waals surface area contributed by atoms with E-state index in [-0.39, 0.29) is 5.97 Å². The Kier molecular flexibility index (Phi) is 3.22. The maximum Gasteiger partial charge on any atom is 0.356 e. The van der Waals surface area contributed by atoms with E-state index in [4.69, 9.17) is 4.74 Å². The van der Waals surface area contributed by atoms with Crippen molar-refractivity contribution in [2.45, 2.75) is 6.92 Å². The first-order valence-electron chi connectivity index (χ1n) is 6.73. The van der Waals surface area contributed by atoms with Crippen molar-refractivity contribution in [3.05, 3.63) is 53.7 Å². The molecule has 0 N–H and O–H groups in total. The molecule has 0 atom stereocenters. The summed E-state index contributed by atoms with van der Waals surface area (Å²) in [5, 5.41) is 5.31. The number of hydrogen-bond donors (Lipinski definition) is 0. The largest absolute Gasteiger partial charge is 0.464 e. The van der Waals surface area contributed by atoms with Gasteiger partial charge in [0, 0.05) is 18.0 Å². The number of hydrogen-bond acceptors (Lipinski definition) is 3. The highest BCUT2D eigenvalue weighted by Crippen LogP contribution is 2.30. The molecule has 0 unspecified atom stereocenters. The molecule has 0 saturated heterocycles. The van der Waals surface area contributed by atoms with E-state index in [2.05, 4.69) is 24.2 Å². The summed E-state index contributed by atoms with van der Waals surface area (Å²) in [5.41, 5.74) is 4.58. The number of ether oxygens (including phenoxy) is 1. The van der Waals surface area contributed by atoms with Crippen LogP contribution in [0.2, 0.25) is 0 Å². The van der Waals surface area contributed by atoms with Crippen LogP contribution in [-0.2, 0) is 11.8 Å². The summed E-state index contributed by atoms with van der Waals surface area (Å²) in [6, 6.07) is 14.1. The van der Waals surface area contributed by atoms with Gasteiger partial charge in [0.25, 0.3) is 0 Å². The molecule has 0 aliphatic carbocycles. The summed E-state index contributed by atoms with van der Waals surface area (Å²) >= 11 is 0. The second kappa shape index (κ2) is 5.05. The van der Waals surface area contributed by atoms with Crippen molar-refractivity contribution < 1.29 is 9.53 Å². The van der Waals surface area contributed by atoms with Crippen molar-refractivity contribution in [1.29, 1.82) is 0 Å². The minimum atomic E-state index is -0.374. The monoisotopic (exact) mass is 280 g/mol. The van der Waals surface area contributed by atoms with E-state index in [1.165, 1.54) is 12.7 Å². The number of aryl methyl sites for hydroxylation is 2. The van der Waals surface area contributed by atoms with Crippen LogP contribution >= 0.6 is 0 Å². The normalized spacial score (nSPS) is 10.8. The zero-order chi connectivity index (χ0) is 15.0. The lowest BCUT2D eigenvalue weighted by Gasteiger charge is -2.04. The van der Waals surface area contributed by atoms with E-state index >= 15 is 0 Å². The molecular weight excluding hydrogens is 264 g/mol. The standard InChI is InChI=1S/C17H16N2O2/c1-11-6-4-7-12(10-11)13-8-5-9-14-15(13)18-19(2)16(14)17(20)21-3/h4-10H,1-3H3. The molecule has 0 fully saturated rings. The van der Waals surface area contributed by atoms with Gasteiger partial charge in [-0.2, -0.15) is 5.10 Å². The van der Waals surface area contributed by atoms with E-state index in [1.54, 1.807) is 11.7 Å². The molecule has 0 aliphatic heterocycles. The van der Waals surface area contributed by atoms with Gasteiger partial charge in [0.1, 0.15) is 5.52 Å². The molecule has 0 amide bonds. The summed E-state index contributed by atoms with van der Waals surface area (Å²) in [4.78, 5) is 11.9. The van der Waals surface area contributed by atoms with E-state index in [0.29, 0.717) is 5.69 Å². The molecule has 0 radical (unpaired) electrons. The summed E-state index contributed by atoms with van der Waals surface area (Å²) in [7, 11) is 3.14. The smallest absolute Gasteiger partial charge is 0.356 e. The van der Waals surface area contributed by atoms with Crippen molar-refractivity contribution in [2.24, 2.45) is 7.05 Å². The van der Waals surface area contributed by atoms with Gasteiger partial charge in [0.2, 0.25) is 0 Å². The highest BCUT2D eigenvalue weighted by atomic mass is 16.5. The Hall–Kier alpha value is -2.62. The van der Waals surface area contributed by atoms with Gasteiger partial charge in [-0.25, -0.2) is 4.79 Å². The first-order valence-corrected chi connectivity index (χ1v) is 6.73. The van der Waals surface area contributed by atoms with Crippen molar-refractivity contribution in [1.82, 2.24) is 9.78 Å². The summed E-state index contributed by atoms with van der Waals surface area (Å²) in [6.45, 7) is 2.06. The van der Waals surface area contributed by atoms with Crippen LogP contribution in [0.1, 0.15) is 16.1 Å². The van der Waals surface area contributed by atoms with Crippen molar-refractivity contribution in [3.8, 4) is 11.1 Å². The van der Waals surface area contributed by atoms with Gasteiger partial charge in [-0.15, -0.1) is 0 Å². The fourth-order valence-corrected chi connectivity index (χ4v) is 2.60. The Labute approximate surface area is 123 Å². The fraction of sp³-hybridized carbons (Fsp3) is 0.176. The molecule has 2 aromatic carbocycles. The van der Waals surface area contributed by atoms with Crippen LogP contribution < -0.4 is 0 Å². The van der Waals surface area contributed by atoms with Crippen LogP contribution in [0, 0.1) is 6.92 Å². The van der Waals surface area contributed by atoms with Crippen LogP contribution in [0.15, 0.2) is 42.5 Å². The number of carbonyl (C=O) groups excluding carboxylic acids is 1. The maximum absolute atomic E-state index is 11.9. The van der Waals surface area contributed by atoms with Gasteiger partial charge in [0.05, 0.1) is 7.11 Å². The van der Waals surface area contributed by atoms with Crippen LogP contribution in [0.3, 0.4) is 0 Å². The predicted molar refractivity (Wildman–Crippen MR) is 82.2 cm³/mol. The van der Waals surface area contributed by atoms with Gasteiger partial charge in [-0.3, -0.25) is 4.68 Å². The Morgan fingerprint density at radius 3 is 2.67 bits per heavy atom. The number of methoxy groups -OCH3 is 1. The fourth-order valence-electron chi connectivity index (χ4n) is 2.60. The molecule has 1 heterocycles. The molecule has 0 spiro atoms. The third-order valence-corrected chi connectivity index (χ3v) is 3.57. The van der Waals surface area contributed by atoms with Crippen molar-refractivity contribution in [3.63, 3.8) is 0 Å². The highest BCUT2D eigenvalue weighted by Gasteiger charge is 2.19. The predicted octanol–water partition coefficient (Wildman–Crippen LogP) is 3.34. The molecule has 3 aromatic rings. The zero-order valence-electron chi connectivity index (χ0n) is 12.3. The first-order chi connectivity index (χ1) is 10.1. The second-order valence-electron chi connectivity index (χ2n) is 5.04. The van der Waals surface area contributed by atoms with E-state index < -0.39 is 0 Å². The van der Waals surface area contributed by atoms with Crippen LogP contribution in [0.25, 0.3) is 22.0 Å². The Morgan fingerprint density at radius 1 is 1.19 bits per heavy atom. The minimum Gasteiger partial charge on any atom is -0.464 e. The highest BCUT2D eigenvalue weighted by molar-refractivity contribution is 6.06. The molecule has 0 saturated carbocycles. The number of fused-ring (bicyclic) bond motifs is 1. The number of carbonyl (C=O) groups is 1. The van der Waals surface area contributed by atoms with Crippen LogP contribution in [0.4, 0.5) is 0 Å². The van der Waals surface area contributed by atoms with Gasteiger partial charge in [-0.05, 0) is 12.5 Å². The molecular formula is C17H16N2O2. The SMILES string of the molecule is COC(=O)c1c2cccc(-c3cccc(C)c3)c2nn1C. The average Bonchev–Trinajstić information content (AvgIpc) is 2.82. The van der Waals surface area contributed by atoms with Gasteiger partial charge >= 0.3 is 5.97 Å². The van der Waals surface area contributed by atoms with E-state index in [1.807, 2.05) is 30.3 Å². The summed E-state index contributed by atoms with van der Waals surface area (Å²) in [6.07, 6.45) is 0. The molecule has 106 valence electrons. The van der Waals surface area contributed by atoms with Gasteiger partial charge in [0.15, 0.2) is 5.69 Å².